The molecule has 1 saturated carbocycles. The molecule has 1 aliphatic heterocycles. The lowest BCUT2D eigenvalue weighted by Gasteiger charge is -2.18. The highest BCUT2D eigenvalue weighted by atomic mass is 32.1. The van der Waals surface area contributed by atoms with Gasteiger partial charge in [-0.1, -0.05) is 12.2 Å². The molecular weight excluding hydrogens is 348 g/mol. The van der Waals surface area contributed by atoms with Gasteiger partial charge in [0.15, 0.2) is 0 Å². The largest absolute Gasteiger partial charge is 0.368 e. The van der Waals surface area contributed by atoms with Gasteiger partial charge in [0.05, 0.1) is 17.2 Å². The van der Waals surface area contributed by atoms with Crippen LogP contribution in [0.1, 0.15) is 17.8 Å². The van der Waals surface area contributed by atoms with Crippen molar-refractivity contribution in [1.29, 1.82) is 0 Å². The minimum atomic E-state index is -0.121. The molecule has 7 heteroatoms. The molecule has 0 aromatic carbocycles. The van der Waals surface area contributed by atoms with Crippen LogP contribution in [0.25, 0.3) is 10.2 Å². The number of carbonyl (C=O) groups excluding carboxylic acids is 2. The maximum atomic E-state index is 12.7. The maximum absolute atomic E-state index is 12.7. The van der Waals surface area contributed by atoms with E-state index in [1.165, 1.54) is 4.90 Å². The summed E-state index contributed by atoms with van der Waals surface area (Å²) in [6.45, 7) is 4.80. The lowest BCUT2D eigenvalue weighted by Crippen LogP contribution is -2.36. The Morgan fingerprint density at radius 1 is 1.15 bits per heavy atom. The highest BCUT2D eigenvalue weighted by Crippen LogP contribution is 2.52. The highest BCUT2D eigenvalue weighted by molar-refractivity contribution is 7.17. The number of fused-ring (bicyclic) bond motifs is 6. The van der Waals surface area contributed by atoms with Crippen LogP contribution < -0.4 is 5.32 Å². The van der Waals surface area contributed by atoms with Gasteiger partial charge in [-0.2, -0.15) is 0 Å². The number of hydrogen-bond donors (Lipinski definition) is 1. The minimum Gasteiger partial charge on any atom is -0.368 e. The molecule has 2 bridgehead atoms. The summed E-state index contributed by atoms with van der Waals surface area (Å²) in [6.07, 6.45) is 5.21. The third-order valence-electron chi connectivity index (χ3n) is 5.92. The van der Waals surface area contributed by atoms with Gasteiger partial charge in [-0.25, -0.2) is 9.97 Å². The molecule has 0 radical (unpaired) electrons. The third kappa shape index (κ3) is 2.16. The number of nitrogens with zero attached hydrogens (tertiary/aromatic N) is 3. The molecule has 2 aromatic heterocycles. The summed E-state index contributed by atoms with van der Waals surface area (Å²) in [4.78, 5) is 36.9. The Kier molecular flexibility index (Phi) is 3.44. The Morgan fingerprint density at radius 2 is 1.85 bits per heavy atom. The molecule has 1 saturated heterocycles. The molecule has 5 rings (SSSR count). The number of allylic oxidation sites excluding steroid dienone is 2. The van der Waals surface area contributed by atoms with Crippen molar-refractivity contribution >= 4 is 39.2 Å². The molecule has 2 aromatic rings. The second-order valence-corrected chi connectivity index (χ2v) is 8.33. The number of rotatable bonds is 4. The topological polar surface area (TPSA) is 75.2 Å². The number of hydrogen-bond acceptors (Lipinski definition) is 6. The predicted molar refractivity (Wildman–Crippen MR) is 99.8 cm³/mol. The van der Waals surface area contributed by atoms with E-state index in [0.29, 0.717) is 18.9 Å². The number of aromatic nitrogens is 2. The molecule has 6 nitrogen and oxygen atoms in total. The second kappa shape index (κ2) is 5.61. The maximum Gasteiger partial charge on any atom is 0.233 e. The lowest BCUT2D eigenvalue weighted by molar-refractivity contribution is -0.140. The van der Waals surface area contributed by atoms with Gasteiger partial charge in [0.2, 0.25) is 11.8 Å². The fourth-order valence-corrected chi connectivity index (χ4v) is 5.76. The third-order valence-corrected chi connectivity index (χ3v) is 6.91. The zero-order valence-corrected chi connectivity index (χ0v) is 15.5. The molecule has 3 heterocycles. The number of nitrogens with one attached hydrogen (secondary N) is 1. The van der Waals surface area contributed by atoms with Crippen molar-refractivity contribution in [3.8, 4) is 0 Å². The van der Waals surface area contributed by atoms with Crippen LogP contribution in [0.5, 0.6) is 0 Å². The summed E-state index contributed by atoms with van der Waals surface area (Å²) in [6, 6.07) is 0. The van der Waals surface area contributed by atoms with Crippen LogP contribution >= 0.6 is 11.3 Å². The van der Waals surface area contributed by atoms with E-state index in [2.05, 4.69) is 32.8 Å². The number of aryl methyl sites for hydroxylation is 2. The molecule has 3 aliphatic rings. The number of anilines is 1. The Hall–Kier alpha value is -2.28. The van der Waals surface area contributed by atoms with Crippen molar-refractivity contribution in [3.05, 3.63) is 28.9 Å². The average Bonchev–Trinajstić information content (AvgIpc) is 3.35. The summed E-state index contributed by atoms with van der Waals surface area (Å²) in [5.74, 6) is 1.80. The summed E-state index contributed by atoms with van der Waals surface area (Å²) in [7, 11) is 0. The van der Waals surface area contributed by atoms with Crippen LogP contribution in [-0.2, 0) is 9.59 Å². The molecule has 26 heavy (non-hydrogen) atoms. The van der Waals surface area contributed by atoms with Gasteiger partial charge in [0.25, 0.3) is 0 Å². The Bertz CT molecular complexity index is 936. The molecular formula is C19H20N4O2S. The molecule has 1 N–H and O–H groups in total. The molecule has 2 fully saturated rings. The summed E-state index contributed by atoms with van der Waals surface area (Å²) >= 11 is 1.60. The number of carbonyl (C=O) groups is 2. The SMILES string of the molecule is Cc1nc(NCCN2C(=O)C3C4C=CC(C4)C3C2=O)c2c(C)csc2n1. The van der Waals surface area contributed by atoms with Crippen LogP contribution in [0.15, 0.2) is 17.5 Å². The van der Waals surface area contributed by atoms with Crippen LogP contribution in [-0.4, -0.2) is 39.8 Å². The molecule has 2 aliphatic carbocycles. The number of thiophene rings is 1. The zero-order valence-electron chi connectivity index (χ0n) is 14.7. The fourth-order valence-electron chi connectivity index (χ4n) is 4.79. The van der Waals surface area contributed by atoms with Crippen molar-refractivity contribution in [2.45, 2.75) is 20.3 Å². The number of imide groups is 1. The lowest BCUT2D eigenvalue weighted by atomic mass is 9.85. The van der Waals surface area contributed by atoms with Crippen molar-refractivity contribution < 1.29 is 9.59 Å². The van der Waals surface area contributed by atoms with Gasteiger partial charge in [0.1, 0.15) is 16.5 Å². The van der Waals surface area contributed by atoms with Gasteiger partial charge in [-0.3, -0.25) is 14.5 Å². The van der Waals surface area contributed by atoms with Crippen LogP contribution in [0.4, 0.5) is 5.82 Å². The van der Waals surface area contributed by atoms with Crippen LogP contribution in [0.3, 0.4) is 0 Å². The first-order valence-electron chi connectivity index (χ1n) is 9.04. The molecule has 4 atom stereocenters. The standard InChI is InChI=1S/C19H20N4O2S/c1-9-8-26-17-13(9)16(21-10(2)22-17)20-5-6-23-18(24)14-11-3-4-12(7-11)15(14)19(23)25/h3-4,8,11-12,14-15H,5-7H2,1-2H3,(H,20,21,22). The van der Waals surface area contributed by atoms with Crippen molar-refractivity contribution in [2.75, 3.05) is 18.4 Å². The van der Waals surface area contributed by atoms with E-state index in [1.807, 2.05) is 13.8 Å². The van der Waals surface area contributed by atoms with Gasteiger partial charge in [-0.15, -0.1) is 11.3 Å². The first-order valence-corrected chi connectivity index (χ1v) is 9.92. The molecule has 2 amide bonds. The number of amides is 2. The first-order chi connectivity index (χ1) is 12.5. The van der Waals surface area contributed by atoms with E-state index < -0.39 is 0 Å². The summed E-state index contributed by atoms with van der Waals surface area (Å²) < 4.78 is 0. The first kappa shape index (κ1) is 15.9. The van der Waals surface area contributed by atoms with E-state index in [0.717, 1.165) is 28.0 Å². The predicted octanol–water partition coefficient (Wildman–Crippen LogP) is 2.53. The average molecular weight is 368 g/mol. The van der Waals surface area contributed by atoms with E-state index in [4.69, 9.17) is 0 Å². The van der Waals surface area contributed by atoms with Crippen molar-refractivity contribution in [3.63, 3.8) is 0 Å². The van der Waals surface area contributed by atoms with Crippen molar-refractivity contribution in [2.24, 2.45) is 23.7 Å². The van der Waals surface area contributed by atoms with Gasteiger partial charge in [-0.05, 0) is 43.0 Å². The Morgan fingerprint density at radius 3 is 2.54 bits per heavy atom. The second-order valence-electron chi connectivity index (χ2n) is 7.47. The molecule has 4 unspecified atom stereocenters. The van der Waals surface area contributed by atoms with Crippen LogP contribution in [0.2, 0.25) is 0 Å². The zero-order chi connectivity index (χ0) is 18.0. The normalized spacial score (nSPS) is 29.2. The van der Waals surface area contributed by atoms with Gasteiger partial charge >= 0.3 is 0 Å². The van der Waals surface area contributed by atoms with E-state index in [-0.39, 0.29) is 35.5 Å². The monoisotopic (exact) mass is 368 g/mol. The summed E-state index contributed by atoms with van der Waals surface area (Å²) in [5.41, 5.74) is 1.14. The quantitative estimate of drug-likeness (QED) is 0.663. The van der Waals surface area contributed by atoms with Gasteiger partial charge in [0, 0.05) is 13.1 Å². The molecule has 134 valence electrons. The minimum absolute atomic E-state index is 0.00868. The Labute approximate surface area is 155 Å². The molecule has 0 spiro atoms. The smallest absolute Gasteiger partial charge is 0.233 e. The van der Waals surface area contributed by atoms with Crippen LogP contribution in [0, 0.1) is 37.5 Å². The fraction of sp³-hybridized carbons (Fsp3) is 0.474. The Balaban J connectivity index is 1.32. The van der Waals surface area contributed by atoms with Crippen molar-refractivity contribution in [1.82, 2.24) is 14.9 Å². The van der Waals surface area contributed by atoms with E-state index >= 15 is 0 Å². The van der Waals surface area contributed by atoms with E-state index in [1.54, 1.807) is 11.3 Å². The summed E-state index contributed by atoms with van der Waals surface area (Å²) in [5, 5.41) is 6.42. The number of likely N-dealkylation sites (tertiary alicyclic amines) is 1. The highest BCUT2D eigenvalue weighted by Gasteiger charge is 2.58. The van der Waals surface area contributed by atoms with Gasteiger partial charge < -0.3 is 5.32 Å². The van der Waals surface area contributed by atoms with E-state index in [9.17, 15) is 9.59 Å².